The van der Waals surface area contributed by atoms with Gasteiger partial charge in [0, 0.05) is 24.8 Å². The number of anilines is 1. The number of carbonyl (C=O) groups is 1. The zero-order chi connectivity index (χ0) is 15.7. The van der Waals surface area contributed by atoms with Crippen LogP contribution in [0.4, 0.5) is 11.4 Å². The first-order chi connectivity index (χ1) is 10.1. The second kappa shape index (κ2) is 9.23. The summed E-state index contributed by atoms with van der Waals surface area (Å²) in [6.07, 6.45) is 3.92. The van der Waals surface area contributed by atoms with Gasteiger partial charge in [0.2, 0.25) is 0 Å². The molecule has 1 aromatic carbocycles. The molecule has 0 aliphatic rings. The van der Waals surface area contributed by atoms with Crippen LogP contribution in [0.2, 0.25) is 0 Å². The van der Waals surface area contributed by atoms with E-state index in [4.69, 9.17) is 0 Å². The molecule has 1 rings (SSSR count). The van der Waals surface area contributed by atoms with Gasteiger partial charge in [-0.15, -0.1) is 0 Å². The fourth-order valence-corrected chi connectivity index (χ4v) is 2.35. The molecule has 0 aromatic heterocycles. The number of rotatable bonds is 9. The summed E-state index contributed by atoms with van der Waals surface area (Å²) in [6, 6.07) is 4.50. The van der Waals surface area contributed by atoms with Crippen LogP contribution in [0.25, 0.3) is 0 Å². The van der Waals surface area contributed by atoms with E-state index in [1.165, 1.54) is 12.1 Å². The topological polar surface area (TPSA) is 84.3 Å². The number of benzene rings is 1. The molecule has 0 saturated heterocycles. The van der Waals surface area contributed by atoms with Crippen LogP contribution in [0.15, 0.2) is 18.2 Å². The van der Waals surface area contributed by atoms with E-state index in [1.807, 2.05) is 13.2 Å². The molecule has 6 nitrogen and oxygen atoms in total. The summed E-state index contributed by atoms with van der Waals surface area (Å²) >= 11 is 1.76. The molecule has 0 atom stereocenters. The van der Waals surface area contributed by atoms with E-state index in [0.717, 1.165) is 18.6 Å². The lowest BCUT2D eigenvalue weighted by atomic mass is 10.1. The van der Waals surface area contributed by atoms with E-state index in [-0.39, 0.29) is 11.3 Å². The van der Waals surface area contributed by atoms with E-state index >= 15 is 0 Å². The van der Waals surface area contributed by atoms with Gasteiger partial charge < -0.3 is 10.6 Å². The summed E-state index contributed by atoms with van der Waals surface area (Å²) in [5, 5.41) is 16.8. The molecule has 0 radical (unpaired) electrons. The van der Waals surface area contributed by atoms with Gasteiger partial charge in [-0.3, -0.25) is 14.9 Å². The third kappa shape index (κ3) is 5.63. The van der Waals surface area contributed by atoms with Crippen molar-refractivity contribution in [2.75, 3.05) is 30.4 Å². The maximum absolute atomic E-state index is 12.1. The SMILES string of the molecule is CCNc1ccc([N+](=O)[O-])c(C(=O)NCCCCSC)c1. The van der Waals surface area contributed by atoms with Crippen molar-refractivity contribution < 1.29 is 9.72 Å². The molecule has 0 aliphatic carbocycles. The third-order valence-corrected chi connectivity index (χ3v) is 3.58. The molecule has 0 aliphatic heterocycles. The van der Waals surface area contributed by atoms with Gasteiger partial charge in [0.1, 0.15) is 5.56 Å². The van der Waals surface area contributed by atoms with Gasteiger partial charge in [-0.25, -0.2) is 0 Å². The van der Waals surface area contributed by atoms with E-state index < -0.39 is 10.8 Å². The number of carbonyl (C=O) groups excluding carboxylic acids is 1. The molecule has 116 valence electrons. The number of nitro benzene ring substituents is 1. The molecule has 7 heteroatoms. The number of hydrogen-bond acceptors (Lipinski definition) is 5. The second-order valence-electron chi connectivity index (χ2n) is 4.48. The Bertz CT molecular complexity index is 494. The molecule has 0 spiro atoms. The summed E-state index contributed by atoms with van der Waals surface area (Å²) < 4.78 is 0. The number of thioether (sulfide) groups is 1. The van der Waals surface area contributed by atoms with Crippen molar-refractivity contribution in [2.24, 2.45) is 0 Å². The largest absolute Gasteiger partial charge is 0.385 e. The fourth-order valence-electron chi connectivity index (χ4n) is 1.86. The van der Waals surface area contributed by atoms with E-state index in [0.29, 0.717) is 18.8 Å². The predicted molar refractivity (Wildman–Crippen MR) is 87.2 cm³/mol. The van der Waals surface area contributed by atoms with Gasteiger partial charge in [0.05, 0.1) is 4.92 Å². The van der Waals surface area contributed by atoms with Crippen LogP contribution in [0.3, 0.4) is 0 Å². The van der Waals surface area contributed by atoms with Gasteiger partial charge in [-0.05, 0) is 43.9 Å². The van der Waals surface area contributed by atoms with Gasteiger partial charge in [0.15, 0.2) is 0 Å². The summed E-state index contributed by atoms with van der Waals surface area (Å²) in [4.78, 5) is 22.6. The molecule has 21 heavy (non-hydrogen) atoms. The highest BCUT2D eigenvalue weighted by Gasteiger charge is 2.20. The van der Waals surface area contributed by atoms with E-state index in [1.54, 1.807) is 17.8 Å². The lowest BCUT2D eigenvalue weighted by molar-refractivity contribution is -0.385. The Kier molecular flexibility index (Phi) is 7.60. The van der Waals surface area contributed by atoms with E-state index in [9.17, 15) is 14.9 Å². The zero-order valence-electron chi connectivity index (χ0n) is 12.3. The fraction of sp³-hybridized carbons (Fsp3) is 0.500. The molecule has 1 aromatic rings. The summed E-state index contributed by atoms with van der Waals surface area (Å²) in [6.45, 7) is 3.14. The van der Waals surface area contributed by atoms with Crippen molar-refractivity contribution in [3.63, 3.8) is 0 Å². The minimum Gasteiger partial charge on any atom is -0.385 e. The average molecular weight is 311 g/mol. The number of hydrogen-bond donors (Lipinski definition) is 2. The van der Waals surface area contributed by atoms with Crippen LogP contribution >= 0.6 is 11.8 Å². The molecule has 0 bridgehead atoms. The number of nitrogens with zero attached hydrogens (tertiary/aromatic N) is 1. The highest BCUT2D eigenvalue weighted by Crippen LogP contribution is 2.22. The minimum absolute atomic E-state index is 0.100. The van der Waals surface area contributed by atoms with Crippen LogP contribution in [0.5, 0.6) is 0 Å². The van der Waals surface area contributed by atoms with Gasteiger partial charge >= 0.3 is 0 Å². The van der Waals surface area contributed by atoms with Crippen molar-refractivity contribution in [2.45, 2.75) is 19.8 Å². The lowest BCUT2D eigenvalue weighted by Gasteiger charge is -2.08. The number of unbranched alkanes of at least 4 members (excludes halogenated alkanes) is 1. The molecule has 0 heterocycles. The molecule has 1 amide bonds. The molecule has 0 fully saturated rings. The number of nitrogens with one attached hydrogen (secondary N) is 2. The minimum atomic E-state index is -0.529. The lowest BCUT2D eigenvalue weighted by Crippen LogP contribution is -2.25. The first-order valence-corrected chi connectivity index (χ1v) is 8.29. The van der Waals surface area contributed by atoms with Crippen molar-refractivity contribution in [1.82, 2.24) is 5.32 Å². The molecule has 0 saturated carbocycles. The Hall–Kier alpha value is -1.76. The Labute approximate surface area is 128 Å². The van der Waals surface area contributed by atoms with Crippen molar-refractivity contribution in [3.05, 3.63) is 33.9 Å². The monoisotopic (exact) mass is 311 g/mol. The highest BCUT2D eigenvalue weighted by molar-refractivity contribution is 7.98. The predicted octanol–water partition coefficient (Wildman–Crippen LogP) is 2.90. The van der Waals surface area contributed by atoms with Gasteiger partial charge in [-0.2, -0.15) is 11.8 Å². The van der Waals surface area contributed by atoms with Crippen molar-refractivity contribution in [1.29, 1.82) is 0 Å². The summed E-state index contributed by atoms with van der Waals surface area (Å²) in [7, 11) is 0. The zero-order valence-corrected chi connectivity index (χ0v) is 13.2. The first-order valence-electron chi connectivity index (χ1n) is 6.89. The quantitative estimate of drug-likeness (QED) is 0.416. The van der Waals surface area contributed by atoms with E-state index in [2.05, 4.69) is 10.6 Å². The average Bonchev–Trinajstić information content (AvgIpc) is 2.47. The van der Waals surface area contributed by atoms with Crippen LogP contribution in [0, 0.1) is 10.1 Å². The number of amides is 1. The highest BCUT2D eigenvalue weighted by atomic mass is 32.2. The molecular weight excluding hydrogens is 290 g/mol. The molecule has 0 unspecified atom stereocenters. The maximum Gasteiger partial charge on any atom is 0.282 e. The van der Waals surface area contributed by atoms with Gasteiger partial charge in [0.25, 0.3) is 11.6 Å². The van der Waals surface area contributed by atoms with Crippen LogP contribution in [0.1, 0.15) is 30.1 Å². The summed E-state index contributed by atoms with van der Waals surface area (Å²) in [5.74, 6) is 0.650. The Morgan fingerprint density at radius 1 is 1.38 bits per heavy atom. The Balaban J connectivity index is 2.75. The van der Waals surface area contributed by atoms with Crippen LogP contribution < -0.4 is 10.6 Å². The van der Waals surface area contributed by atoms with Crippen molar-refractivity contribution in [3.8, 4) is 0 Å². The Morgan fingerprint density at radius 3 is 2.76 bits per heavy atom. The maximum atomic E-state index is 12.1. The van der Waals surface area contributed by atoms with Gasteiger partial charge in [-0.1, -0.05) is 0 Å². The van der Waals surface area contributed by atoms with Crippen LogP contribution in [-0.2, 0) is 0 Å². The second-order valence-corrected chi connectivity index (χ2v) is 5.46. The first kappa shape index (κ1) is 17.3. The van der Waals surface area contributed by atoms with Crippen LogP contribution in [-0.4, -0.2) is 35.9 Å². The molecular formula is C14H21N3O3S. The third-order valence-electron chi connectivity index (χ3n) is 2.88. The Morgan fingerprint density at radius 2 is 2.14 bits per heavy atom. The van der Waals surface area contributed by atoms with Crippen molar-refractivity contribution >= 4 is 29.0 Å². The summed E-state index contributed by atoms with van der Waals surface area (Å²) in [5.41, 5.74) is 0.636. The standard InChI is InChI=1S/C14H21N3O3S/c1-3-15-11-6-7-13(17(19)20)12(10-11)14(18)16-8-4-5-9-21-2/h6-7,10,15H,3-5,8-9H2,1-2H3,(H,16,18). The smallest absolute Gasteiger partial charge is 0.282 e. The molecule has 2 N–H and O–H groups in total. The number of nitro groups is 1. The normalized spacial score (nSPS) is 10.2.